The summed E-state index contributed by atoms with van der Waals surface area (Å²) in [6.07, 6.45) is 5.90. The molecule has 2 aromatic heterocycles. The van der Waals surface area contributed by atoms with Gasteiger partial charge < -0.3 is 19.3 Å². The maximum atomic E-state index is 12.2. The zero-order valence-corrected chi connectivity index (χ0v) is 23.7. The molecule has 3 aromatic carbocycles. The Morgan fingerprint density at radius 1 is 1.02 bits per heavy atom. The van der Waals surface area contributed by atoms with Crippen molar-refractivity contribution in [1.82, 2.24) is 15.0 Å². The Morgan fingerprint density at radius 2 is 1.80 bits per heavy atom. The van der Waals surface area contributed by atoms with Crippen LogP contribution in [0.15, 0.2) is 55.0 Å². The highest BCUT2D eigenvalue weighted by atomic mass is 16.5. The molecule has 208 valence electrons. The predicted octanol–water partition coefficient (Wildman–Crippen LogP) is 6.57. The fourth-order valence-corrected chi connectivity index (χ4v) is 5.60. The summed E-state index contributed by atoms with van der Waals surface area (Å²) in [7, 11) is 1.53. The normalized spacial score (nSPS) is 12.8. The lowest BCUT2D eigenvalue weighted by Crippen LogP contribution is -2.24. The molecule has 0 bridgehead atoms. The van der Waals surface area contributed by atoms with Crippen LogP contribution in [0, 0.1) is 6.92 Å². The number of benzene rings is 3. The second-order valence-electron chi connectivity index (χ2n) is 11.3. The Labute approximate surface area is 238 Å². The van der Waals surface area contributed by atoms with Crippen molar-refractivity contribution in [3.8, 4) is 39.8 Å². The molecule has 6 rings (SSSR count). The highest BCUT2D eigenvalue weighted by Crippen LogP contribution is 2.48. The molecule has 1 N–H and O–H groups in total. The van der Waals surface area contributed by atoms with Crippen molar-refractivity contribution < 1.29 is 24.1 Å². The van der Waals surface area contributed by atoms with Crippen molar-refractivity contribution in [3.63, 3.8) is 0 Å². The van der Waals surface area contributed by atoms with E-state index in [0.29, 0.717) is 18.4 Å². The van der Waals surface area contributed by atoms with E-state index in [1.165, 1.54) is 7.11 Å². The number of carboxylic acid groups (broad SMARTS) is 1. The molecular formula is C33H31N3O5. The summed E-state index contributed by atoms with van der Waals surface area (Å²) in [6.45, 7) is 8.51. The molecule has 5 aromatic rings. The van der Waals surface area contributed by atoms with Crippen LogP contribution >= 0.6 is 0 Å². The summed E-state index contributed by atoms with van der Waals surface area (Å²) in [4.78, 5) is 25.6. The second kappa shape index (κ2) is 10.0. The number of fused-ring (bicyclic) bond motifs is 1. The molecule has 0 saturated carbocycles. The van der Waals surface area contributed by atoms with E-state index in [2.05, 4.69) is 16.0 Å². The van der Waals surface area contributed by atoms with Gasteiger partial charge in [-0.3, -0.25) is 9.78 Å². The second-order valence-corrected chi connectivity index (χ2v) is 11.3. The highest BCUT2D eigenvalue weighted by Gasteiger charge is 2.28. The van der Waals surface area contributed by atoms with Gasteiger partial charge in [0.05, 0.1) is 31.2 Å². The summed E-state index contributed by atoms with van der Waals surface area (Å²) in [6, 6.07) is 12.4. The first-order valence-electron chi connectivity index (χ1n) is 13.5. The SMILES string of the molecule is COc1ncc(-c2ccc3c(-c4c(OC(C)(C)C)cc5c6c(ccnc46)CCO5)c(CC(=O)O)c(C)cc3c2)cn1. The van der Waals surface area contributed by atoms with Crippen LogP contribution in [0.1, 0.15) is 37.5 Å². The fourth-order valence-electron chi connectivity index (χ4n) is 5.60. The largest absolute Gasteiger partial charge is 0.492 e. The molecule has 0 amide bonds. The van der Waals surface area contributed by atoms with Crippen LogP contribution in [-0.2, 0) is 17.6 Å². The molecule has 3 heterocycles. The van der Waals surface area contributed by atoms with Crippen LogP contribution < -0.4 is 14.2 Å². The number of hydrogen-bond donors (Lipinski definition) is 1. The Morgan fingerprint density at radius 3 is 2.51 bits per heavy atom. The topological polar surface area (TPSA) is 104 Å². The monoisotopic (exact) mass is 549 g/mol. The average molecular weight is 550 g/mol. The van der Waals surface area contributed by atoms with Crippen LogP contribution in [0.2, 0.25) is 0 Å². The lowest BCUT2D eigenvalue weighted by Gasteiger charge is -2.28. The number of nitrogens with zero attached hydrogens (tertiary/aromatic N) is 3. The van der Waals surface area contributed by atoms with Gasteiger partial charge in [-0.15, -0.1) is 0 Å². The standard InChI is InChI=1S/C33H31N3O5/c1-18-12-21-13-20(22-16-35-32(39-5)36-17-22)6-7-23(21)29(24(18)14-27(37)38)30-26(41-33(2,3)4)15-25-28-19(9-11-40-25)8-10-34-31(28)30/h6-8,10,12-13,15-17H,9,11,14H2,1-5H3,(H,37,38). The van der Waals surface area contributed by atoms with E-state index in [1.807, 2.05) is 64.2 Å². The molecule has 1 aliphatic heterocycles. The summed E-state index contributed by atoms with van der Waals surface area (Å²) >= 11 is 0. The van der Waals surface area contributed by atoms with Crippen LogP contribution in [0.3, 0.4) is 0 Å². The third-order valence-corrected chi connectivity index (χ3v) is 7.27. The number of carboxylic acids is 1. The summed E-state index contributed by atoms with van der Waals surface area (Å²) in [5, 5.41) is 12.8. The Hall–Kier alpha value is -4.72. The molecule has 0 radical (unpaired) electrons. The van der Waals surface area contributed by atoms with Crippen molar-refractivity contribution in [1.29, 1.82) is 0 Å². The summed E-state index contributed by atoms with van der Waals surface area (Å²) < 4.78 is 17.8. The van der Waals surface area contributed by atoms with E-state index in [0.717, 1.165) is 72.8 Å². The van der Waals surface area contributed by atoms with Gasteiger partial charge in [0, 0.05) is 42.0 Å². The zero-order chi connectivity index (χ0) is 28.9. The van der Waals surface area contributed by atoms with Gasteiger partial charge in [-0.25, -0.2) is 9.97 Å². The third kappa shape index (κ3) is 4.90. The molecule has 1 aliphatic rings. The number of methoxy groups -OCH3 is 1. The molecule has 0 spiro atoms. The van der Waals surface area contributed by atoms with Gasteiger partial charge in [-0.1, -0.05) is 18.2 Å². The van der Waals surface area contributed by atoms with E-state index >= 15 is 0 Å². The first-order chi connectivity index (χ1) is 19.6. The molecular weight excluding hydrogens is 518 g/mol. The Balaban J connectivity index is 1.70. The number of pyridine rings is 1. The first-order valence-corrected chi connectivity index (χ1v) is 13.5. The van der Waals surface area contributed by atoms with Gasteiger partial charge in [0.1, 0.15) is 17.1 Å². The molecule has 0 unspecified atom stereocenters. The minimum atomic E-state index is -0.905. The Bertz CT molecular complexity index is 1820. The number of rotatable bonds is 6. The molecule has 41 heavy (non-hydrogen) atoms. The predicted molar refractivity (Wildman–Crippen MR) is 158 cm³/mol. The minimum Gasteiger partial charge on any atom is -0.492 e. The molecule has 0 atom stereocenters. The minimum absolute atomic E-state index is 0.139. The van der Waals surface area contributed by atoms with Gasteiger partial charge in [0.2, 0.25) is 0 Å². The van der Waals surface area contributed by atoms with Crippen LogP contribution in [-0.4, -0.2) is 45.3 Å². The zero-order valence-electron chi connectivity index (χ0n) is 23.7. The van der Waals surface area contributed by atoms with Crippen LogP contribution in [0.4, 0.5) is 0 Å². The highest BCUT2D eigenvalue weighted by molar-refractivity contribution is 6.11. The van der Waals surface area contributed by atoms with E-state index < -0.39 is 11.6 Å². The number of ether oxygens (including phenoxy) is 3. The van der Waals surface area contributed by atoms with Gasteiger partial charge in [-0.2, -0.15) is 0 Å². The number of aliphatic carboxylic acids is 1. The quantitative estimate of drug-likeness (QED) is 0.254. The lowest BCUT2D eigenvalue weighted by atomic mass is 9.85. The Kier molecular flexibility index (Phi) is 6.49. The van der Waals surface area contributed by atoms with E-state index in [4.69, 9.17) is 19.2 Å². The van der Waals surface area contributed by atoms with E-state index in [9.17, 15) is 9.90 Å². The smallest absolute Gasteiger partial charge is 0.316 e. The summed E-state index contributed by atoms with van der Waals surface area (Å²) in [5.74, 6) is 0.437. The first kappa shape index (κ1) is 26.5. The van der Waals surface area contributed by atoms with Crippen molar-refractivity contribution >= 4 is 27.6 Å². The molecule has 0 aliphatic carbocycles. The maximum absolute atomic E-state index is 12.2. The van der Waals surface area contributed by atoms with Gasteiger partial charge >= 0.3 is 12.0 Å². The van der Waals surface area contributed by atoms with Gasteiger partial charge in [-0.05, 0) is 78.4 Å². The van der Waals surface area contributed by atoms with Crippen molar-refractivity contribution in [2.24, 2.45) is 0 Å². The van der Waals surface area contributed by atoms with Crippen molar-refractivity contribution in [3.05, 3.63) is 71.7 Å². The number of aryl methyl sites for hydroxylation is 1. The fraction of sp³-hybridized carbons (Fsp3) is 0.273. The van der Waals surface area contributed by atoms with Crippen molar-refractivity contribution in [2.45, 2.75) is 46.1 Å². The van der Waals surface area contributed by atoms with E-state index in [-0.39, 0.29) is 6.42 Å². The molecule has 8 nitrogen and oxygen atoms in total. The molecule has 0 saturated heterocycles. The van der Waals surface area contributed by atoms with E-state index in [1.54, 1.807) is 12.4 Å². The molecule has 8 heteroatoms. The average Bonchev–Trinajstić information content (AvgIpc) is 2.93. The van der Waals surface area contributed by atoms with Gasteiger partial charge in [0.25, 0.3) is 0 Å². The van der Waals surface area contributed by atoms with Crippen LogP contribution in [0.25, 0.3) is 43.9 Å². The van der Waals surface area contributed by atoms with Crippen molar-refractivity contribution in [2.75, 3.05) is 13.7 Å². The molecule has 0 fully saturated rings. The number of aromatic nitrogens is 3. The van der Waals surface area contributed by atoms with Crippen LogP contribution in [0.5, 0.6) is 17.5 Å². The number of hydrogen-bond acceptors (Lipinski definition) is 7. The third-order valence-electron chi connectivity index (χ3n) is 7.27. The lowest BCUT2D eigenvalue weighted by molar-refractivity contribution is -0.136. The maximum Gasteiger partial charge on any atom is 0.316 e. The van der Waals surface area contributed by atoms with Gasteiger partial charge in [0.15, 0.2) is 0 Å². The summed E-state index contributed by atoms with van der Waals surface area (Å²) in [5.41, 5.74) is 6.33. The number of carbonyl (C=O) groups is 1.